The maximum atomic E-state index is 12.7. The number of ether oxygens (including phenoxy) is 1. The van der Waals surface area contributed by atoms with Gasteiger partial charge in [-0.2, -0.15) is 0 Å². The zero-order chi connectivity index (χ0) is 23.8. The minimum Gasteiger partial charge on any atom is -0.444 e. The van der Waals surface area contributed by atoms with E-state index in [-0.39, 0.29) is 25.4 Å². The first-order valence-corrected chi connectivity index (χ1v) is 12.5. The molecule has 176 valence electrons. The molecular weight excluding hydrogens is 450 g/mol. The average molecular weight is 482 g/mol. The van der Waals surface area contributed by atoms with Crippen LogP contribution in [-0.4, -0.2) is 50.4 Å². The molecule has 2 aromatic carbocycles. The molecule has 3 N–H and O–H groups in total. The van der Waals surface area contributed by atoms with Crippen LogP contribution in [0, 0.1) is 0 Å². The summed E-state index contributed by atoms with van der Waals surface area (Å²) in [4.78, 5) is 14.2. The molecule has 0 heterocycles. The first-order chi connectivity index (χ1) is 15.0. The third kappa shape index (κ3) is 8.78. The predicted octanol–water partition coefficient (Wildman–Crippen LogP) is 4.01. The molecule has 0 bridgehead atoms. The van der Waals surface area contributed by atoms with Gasteiger partial charge in [-0.05, 0) is 50.9 Å². The standard InChI is InChI=1S/C23H32ClN3O4S/c1-23(2,3)31-22(28)27(14-13-26-32(29,30)15-7-12-25)17-18-10-11-20(21(24)16-18)19-8-5-4-6-9-19/h4-6,8-11,16,26H,7,12-15,17,25H2,1-3H3. The number of hydrogen-bond acceptors (Lipinski definition) is 5. The normalized spacial score (nSPS) is 11.9. The van der Waals surface area contributed by atoms with E-state index < -0.39 is 21.7 Å². The van der Waals surface area contributed by atoms with Crippen molar-refractivity contribution in [2.45, 2.75) is 39.3 Å². The van der Waals surface area contributed by atoms with Gasteiger partial charge in [-0.25, -0.2) is 17.9 Å². The summed E-state index contributed by atoms with van der Waals surface area (Å²) in [6.07, 6.45) is -0.154. The van der Waals surface area contributed by atoms with Crippen LogP contribution in [0.5, 0.6) is 0 Å². The van der Waals surface area contributed by atoms with Crippen LogP contribution in [0.4, 0.5) is 4.79 Å². The van der Waals surface area contributed by atoms with Gasteiger partial charge in [-0.15, -0.1) is 0 Å². The van der Waals surface area contributed by atoms with Gasteiger partial charge in [0.25, 0.3) is 0 Å². The highest BCUT2D eigenvalue weighted by Gasteiger charge is 2.23. The van der Waals surface area contributed by atoms with Gasteiger partial charge in [0, 0.05) is 30.2 Å². The Hall–Kier alpha value is -2.13. The van der Waals surface area contributed by atoms with Crippen LogP contribution in [0.15, 0.2) is 48.5 Å². The molecule has 0 saturated heterocycles. The maximum absolute atomic E-state index is 12.7. The van der Waals surface area contributed by atoms with Crippen LogP contribution >= 0.6 is 11.6 Å². The van der Waals surface area contributed by atoms with E-state index >= 15 is 0 Å². The number of nitrogens with one attached hydrogen (secondary N) is 1. The molecule has 0 saturated carbocycles. The molecule has 1 amide bonds. The fraction of sp³-hybridized carbons (Fsp3) is 0.435. The van der Waals surface area contributed by atoms with E-state index in [4.69, 9.17) is 22.1 Å². The zero-order valence-electron chi connectivity index (χ0n) is 18.8. The Morgan fingerprint density at radius 2 is 1.84 bits per heavy atom. The number of benzene rings is 2. The van der Waals surface area contributed by atoms with Crippen molar-refractivity contribution in [2.24, 2.45) is 5.73 Å². The van der Waals surface area contributed by atoms with Crippen LogP contribution in [0.25, 0.3) is 11.1 Å². The summed E-state index contributed by atoms with van der Waals surface area (Å²) in [6.45, 7) is 6.09. The number of nitrogens with two attached hydrogens (primary N) is 1. The molecule has 0 aliphatic heterocycles. The summed E-state index contributed by atoms with van der Waals surface area (Å²) in [5.41, 5.74) is 7.42. The van der Waals surface area contributed by atoms with E-state index in [0.29, 0.717) is 18.0 Å². The summed E-state index contributed by atoms with van der Waals surface area (Å²) in [5.74, 6) is -0.0491. The first-order valence-electron chi connectivity index (χ1n) is 10.5. The van der Waals surface area contributed by atoms with Crippen molar-refractivity contribution in [3.05, 3.63) is 59.1 Å². The smallest absolute Gasteiger partial charge is 0.410 e. The van der Waals surface area contributed by atoms with E-state index in [1.165, 1.54) is 4.90 Å². The molecule has 0 aliphatic carbocycles. The number of halogens is 1. The van der Waals surface area contributed by atoms with Crippen LogP contribution < -0.4 is 10.5 Å². The lowest BCUT2D eigenvalue weighted by Crippen LogP contribution is -2.41. The lowest BCUT2D eigenvalue weighted by molar-refractivity contribution is 0.0238. The van der Waals surface area contributed by atoms with Gasteiger partial charge in [0.05, 0.1) is 5.75 Å². The average Bonchev–Trinajstić information content (AvgIpc) is 2.71. The number of amides is 1. The minimum absolute atomic E-state index is 0.0491. The molecule has 0 atom stereocenters. The molecule has 32 heavy (non-hydrogen) atoms. The second-order valence-corrected chi connectivity index (χ2v) is 10.8. The third-order valence-electron chi connectivity index (χ3n) is 4.46. The highest BCUT2D eigenvalue weighted by molar-refractivity contribution is 7.89. The van der Waals surface area contributed by atoms with Crippen molar-refractivity contribution < 1.29 is 17.9 Å². The first kappa shape index (κ1) is 26.1. The highest BCUT2D eigenvalue weighted by atomic mass is 35.5. The summed E-state index contributed by atoms with van der Waals surface area (Å²) in [6, 6.07) is 15.4. The lowest BCUT2D eigenvalue weighted by atomic mass is 10.0. The Morgan fingerprint density at radius 1 is 1.16 bits per heavy atom. The topological polar surface area (TPSA) is 102 Å². The van der Waals surface area contributed by atoms with Crippen LogP contribution in [0.3, 0.4) is 0 Å². The van der Waals surface area contributed by atoms with Crippen molar-refractivity contribution in [1.82, 2.24) is 9.62 Å². The molecule has 0 radical (unpaired) electrons. The second kappa shape index (κ2) is 11.7. The Labute approximate surface area is 195 Å². The molecule has 0 aliphatic rings. The van der Waals surface area contributed by atoms with Gasteiger partial charge in [-0.1, -0.05) is 54.1 Å². The van der Waals surface area contributed by atoms with Crippen LogP contribution in [-0.2, 0) is 21.3 Å². The van der Waals surface area contributed by atoms with Gasteiger partial charge in [0.2, 0.25) is 10.0 Å². The Kier molecular flexibility index (Phi) is 9.51. The van der Waals surface area contributed by atoms with Crippen LogP contribution in [0.1, 0.15) is 32.8 Å². The number of carbonyl (C=O) groups excluding carboxylic acids is 1. The molecule has 2 aromatic rings. The van der Waals surface area contributed by atoms with Crippen molar-refractivity contribution in [1.29, 1.82) is 0 Å². The van der Waals surface area contributed by atoms with Gasteiger partial charge >= 0.3 is 6.09 Å². The van der Waals surface area contributed by atoms with E-state index in [0.717, 1.165) is 16.7 Å². The van der Waals surface area contributed by atoms with E-state index in [2.05, 4.69) is 4.72 Å². The molecule has 2 rings (SSSR count). The summed E-state index contributed by atoms with van der Waals surface area (Å²) in [7, 11) is -3.45. The molecule has 9 heteroatoms. The van der Waals surface area contributed by atoms with E-state index in [9.17, 15) is 13.2 Å². The van der Waals surface area contributed by atoms with Crippen LogP contribution in [0.2, 0.25) is 5.02 Å². The highest BCUT2D eigenvalue weighted by Crippen LogP contribution is 2.29. The number of sulfonamides is 1. The molecule has 0 aromatic heterocycles. The van der Waals surface area contributed by atoms with Gasteiger partial charge in [-0.3, -0.25) is 0 Å². The number of rotatable bonds is 10. The molecule has 0 unspecified atom stereocenters. The van der Waals surface area contributed by atoms with Gasteiger partial charge in [0.15, 0.2) is 0 Å². The van der Waals surface area contributed by atoms with Crippen molar-refractivity contribution in [3.8, 4) is 11.1 Å². The van der Waals surface area contributed by atoms with Gasteiger partial charge < -0.3 is 15.4 Å². The zero-order valence-corrected chi connectivity index (χ0v) is 20.4. The fourth-order valence-electron chi connectivity index (χ4n) is 2.97. The van der Waals surface area contributed by atoms with Crippen molar-refractivity contribution in [3.63, 3.8) is 0 Å². The third-order valence-corrected chi connectivity index (χ3v) is 6.25. The van der Waals surface area contributed by atoms with Gasteiger partial charge in [0.1, 0.15) is 5.60 Å². The quantitative estimate of drug-likeness (QED) is 0.533. The second-order valence-electron chi connectivity index (χ2n) is 8.44. The Bertz CT molecular complexity index is 992. The van der Waals surface area contributed by atoms with Crippen molar-refractivity contribution in [2.75, 3.05) is 25.4 Å². The van der Waals surface area contributed by atoms with Crippen molar-refractivity contribution >= 4 is 27.7 Å². The largest absolute Gasteiger partial charge is 0.444 e. The number of carbonyl (C=O) groups is 1. The predicted molar refractivity (Wildman–Crippen MR) is 129 cm³/mol. The summed E-state index contributed by atoms with van der Waals surface area (Å²) in [5, 5.41) is 0.570. The summed E-state index contributed by atoms with van der Waals surface area (Å²) < 4.78 is 32.1. The maximum Gasteiger partial charge on any atom is 0.410 e. The van der Waals surface area contributed by atoms with E-state index in [1.54, 1.807) is 20.8 Å². The Balaban J connectivity index is 2.13. The minimum atomic E-state index is -3.45. The fourth-order valence-corrected chi connectivity index (χ4v) is 4.38. The number of hydrogen-bond donors (Lipinski definition) is 2. The molecular formula is C23H32ClN3O4S. The van der Waals surface area contributed by atoms with E-state index in [1.807, 2.05) is 48.5 Å². The summed E-state index contributed by atoms with van der Waals surface area (Å²) >= 11 is 6.51. The molecule has 0 fully saturated rings. The Morgan fingerprint density at radius 3 is 2.44 bits per heavy atom. The SMILES string of the molecule is CC(C)(C)OC(=O)N(CCNS(=O)(=O)CCCN)Cc1ccc(-c2ccccc2)c(Cl)c1. The number of nitrogens with zero attached hydrogens (tertiary/aromatic N) is 1. The molecule has 7 nitrogen and oxygen atoms in total. The lowest BCUT2D eigenvalue weighted by Gasteiger charge is -2.27. The monoisotopic (exact) mass is 481 g/mol. The molecule has 0 spiro atoms.